The third kappa shape index (κ3) is 5.02. The molecule has 0 spiro atoms. The standard InChI is InChI=1S/C15H21N3O4S/c1-15(2,3)18-14(20)12-8-10(4-6-16-12)13(19)17-11-5-7-23(21,22)9-11/h4,6,8,11H,5,7,9H2,1-3H3,(H,17,19)(H,18,20). The molecule has 1 aliphatic rings. The summed E-state index contributed by atoms with van der Waals surface area (Å²) in [6.07, 6.45) is 1.80. The fourth-order valence-electron chi connectivity index (χ4n) is 2.28. The third-order valence-corrected chi connectivity index (χ3v) is 5.08. The molecule has 0 aliphatic carbocycles. The van der Waals surface area contributed by atoms with Gasteiger partial charge in [-0.2, -0.15) is 0 Å². The van der Waals surface area contributed by atoms with Crippen molar-refractivity contribution in [2.24, 2.45) is 0 Å². The average Bonchev–Trinajstić information content (AvgIpc) is 2.76. The van der Waals surface area contributed by atoms with Crippen molar-refractivity contribution in [2.75, 3.05) is 11.5 Å². The van der Waals surface area contributed by atoms with Crippen LogP contribution in [-0.4, -0.2) is 48.3 Å². The summed E-state index contributed by atoms with van der Waals surface area (Å²) in [7, 11) is -3.06. The maximum Gasteiger partial charge on any atom is 0.270 e. The van der Waals surface area contributed by atoms with Gasteiger partial charge in [-0.1, -0.05) is 0 Å². The molecule has 2 rings (SSSR count). The van der Waals surface area contributed by atoms with Crippen molar-refractivity contribution in [3.8, 4) is 0 Å². The number of rotatable bonds is 3. The van der Waals surface area contributed by atoms with Gasteiger partial charge in [0.05, 0.1) is 11.5 Å². The van der Waals surface area contributed by atoms with Crippen LogP contribution in [0.1, 0.15) is 48.0 Å². The molecule has 2 heterocycles. The van der Waals surface area contributed by atoms with E-state index in [0.717, 1.165) is 0 Å². The zero-order valence-corrected chi connectivity index (χ0v) is 14.2. The number of sulfone groups is 1. The predicted octanol–water partition coefficient (Wildman–Crippen LogP) is 0.527. The summed E-state index contributed by atoms with van der Waals surface area (Å²) < 4.78 is 22.8. The number of pyridine rings is 1. The molecule has 0 aromatic carbocycles. The molecule has 1 aliphatic heterocycles. The quantitative estimate of drug-likeness (QED) is 0.835. The molecular formula is C15H21N3O4S. The van der Waals surface area contributed by atoms with Crippen molar-refractivity contribution >= 4 is 21.7 Å². The SMILES string of the molecule is CC(C)(C)NC(=O)c1cc(C(=O)NC2CCS(=O)(=O)C2)ccn1. The first-order valence-corrected chi connectivity index (χ1v) is 9.18. The van der Waals surface area contributed by atoms with E-state index in [2.05, 4.69) is 15.6 Å². The lowest BCUT2D eigenvalue weighted by Crippen LogP contribution is -2.41. The van der Waals surface area contributed by atoms with Crippen LogP contribution in [0.2, 0.25) is 0 Å². The molecule has 1 aromatic rings. The number of carbonyl (C=O) groups excluding carboxylic acids is 2. The fraction of sp³-hybridized carbons (Fsp3) is 0.533. The van der Waals surface area contributed by atoms with Gasteiger partial charge in [-0.05, 0) is 39.3 Å². The summed E-state index contributed by atoms with van der Waals surface area (Å²) >= 11 is 0. The van der Waals surface area contributed by atoms with Crippen molar-refractivity contribution in [1.29, 1.82) is 0 Å². The molecule has 2 amide bonds. The zero-order chi connectivity index (χ0) is 17.3. The minimum Gasteiger partial charge on any atom is -0.348 e. The van der Waals surface area contributed by atoms with Gasteiger partial charge in [-0.3, -0.25) is 14.6 Å². The van der Waals surface area contributed by atoms with Crippen LogP contribution in [0.5, 0.6) is 0 Å². The van der Waals surface area contributed by atoms with E-state index < -0.39 is 21.3 Å². The lowest BCUT2D eigenvalue weighted by molar-refractivity contribution is 0.0914. The number of nitrogens with zero attached hydrogens (tertiary/aromatic N) is 1. The second-order valence-corrected chi connectivity index (χ2v) is 8.94. The van der Waals surface area contributed by atoms with Gasteiger partial charge in [0.2, 0.25) is 0 Å². The monoisotopic (exact) mass is 339 g/mol. The van der Waals surface area contributed by atoms with Gasteiger partial charge in [0.15, 0.2) is 9.84 Å². The lowest BCUT2D eigenvalue weighted by atomic mass is 10.1. The highest BCUT2D eigenvalue weighted by molar-refractivity contribution is 7.91. The van der Waals surface area contributed by atoms with Gasteiger partial charge in [0, 0.05) is 23.3 Å². The lowest BCUT2D eigenvalue weighted by Gasteiger charge is -2.20. The molecule has 0 saturated carbocycles. The summed E-state index contributed by atoms with van der Waals surface area (Å²) in [4.78, 5) is 28.3. The summed E-state index contributed by atoms with van der Waals surface area (Å²) in [5, 5.41) is 5.46. The van der Waals surface area contributed by atoms with Crippen LogP contribution in [0.25, 0.3) is 0 Å². The molecule has 1 saturated heterocycles. The van der Waals surface area contributed by atoms with Crippen LogP contribution in [0.15, 0.2) is 18.3 Å². The summed E-state index contributed by atoms with van der Waals surface area (Å²) in [6, 6.07) is 2.51. The first-order valence-electron chi connectivity index (χ1n) is 7.36. The van der Waals surface area contributed by atoms with Gasteiger partial charge < -0.3 is 10.6 Å². The number of hydrogen-bond donors (Lipinski definition) is 2. The molecular weight excluding hydrogens is 318 g/mol. The molecule has 126 valence electrons. The van der Waals surface area contributed by atoms with Crippen LogP contribution >= 0.6 is 0 Å². The fourth-order valence-corrected chi connectivity index (χ4v) is 3.95. The molecule has 0 bridgehead atoms. The maximum absolute atomic E-state index is 12.2. The molecule has 1 unspecified atom stereocenters. The summed E-state index contributed by atoms with van der Waals surface area (Å²) in [5.74, 6) is -0.718. The van der Waals surface area contributed by atoms with Gasteiger partial charge in [-0.15, -0.1) is 0 Å². The van der Waals surface area contributed by atoms with Crippen molar-refractivity contribution in [2.45, 2.75) is 38.8 Å². The summed E-state index contributed by atoms with van der Waals surface area (Å²) in [6.45, 7) is 5.55. The number of carbonyl (C=O) groups is 2. The van der Waals surface area contributed by atoms with Crippen molar-refractivity contribution in [3.05, 3.63) is 29.6 Å². The second-order valence-electron chi connectivity index (χ2n) is 6.71. The predicted molar refractivity (Wildman–Crippen MR) is 86.0 cm³/mol. The Morgan fingerprint density at radius 3 is 2.52 bits per heavy atom. The Labute approximate surface area is 135 Å². The Hall–Kier alpha value is -1.96. The molecule has 0 radical (unpaired) electrons. The van der Waals surface area contributed by atoms with Crippen molar-refractivity contribution in [1.82, 2.24) is 15.6 Å². The highest BCUT2D eigenvalue weighted by Gasteiger charge is 2.29. The second kappa shape index (κ2) is 6.27. The molecule has 1 aromatic heterocycles. The highest BCUT2D eigenvalue weighted by atomic mass is 32.2. The Morgan fingerprint density at radius 1 is 1.26 bits per heavy atom. The number of amides is 2. The minimum atomic E-state index is -3.06. The highest BCUT2D eigenvalue weighted by Crippen LogP contribution is 2.12. The van der Waals surface area contributed by atoms with Crippen LogP contribution in [-0.2, 0) is 9.84 Å². The van der Waals surface area contributed by atoms with E-state index in [4.69, 9.17) is 0 Å². The van der Waals surface area contributed by atoms with Crippen LogP contribution in [0, 0.1) is 0 Å². The normalized spacial score (nSPS) is 20.0. The topological polar surface area (TPSA) is 105 Å². The van der Waals surface area contributed by atoms with Crippen LogP contribution in [0.4, 0.5) is 0 Å². The zero-order valence-electron chi connectivity index (χ0n) is 13.4. The third-order valence-electron chi connectivity index (χ3n) is 3.31. The minimum absolute atomic E-state index is 0.0405. The summed E-state index contributed by atoms with van der Waals surface area (Å²) in [5.41, 5.74) is 0.0184. The van der Waals surface area contributed by atoms with Gasteiger partial charge in [0.1, 0.15) is 5.69 Å². The maximum atomic E-state index is 12.2. The largest absolute Gasteiger partial charge is 0.348 e. The molecule has 8 heteroatoms. The number of aromatic nitrogens is 1. The first-order chi connectivity index (χ1) is 10.6. The van der Waals surface area contributed by atoms with E-state index in [9.17, 15) is 18.0 Å². The Morgan fingerprint density at radius 2 is 1.96 bits per heavy atom. The van der Waals surface area contributed by atoms with E-state index in [1.165, 1.54) is 18.3 Å². The van der Waals surface area contributed by atoms with E-state index in [1.807, 2.05) is 20.8 Å². The van der Waals surface area contributed by atoms with Crippen molar-refractivity contribution in [3.63, 3.8) is 0 Å². The van der Waals surface area contributed by atoms with Gasteiger partial charge in [0.25, 0.3) is 11.8 Å². The average molecular weight is 339 g/mol. The van der Waals surface area contributed by atoms with E-state index in [0.29, 0.717) is 6.42 Å². The van der Waals surface area contributed by atoms with Gasteiger partial charge >= 0.3 is 0 Å². The Balaban J connectivity index is 2.07. The molecule has 23 heavy (non-hydrogen) atoms. The Bertz CT molecular complexity index is 722. The number of hydrogen-bond acceptors (Lipinski definition) is 5. The Kier molecular flexibility index (Phi) is 4.74. The van der Waals surface area contributed by atoms with Crippen molar-refractivity contribution < 1.29 is 18.0 Å². The molecule has 1 atom stereocenters. The smallest absolute Gasteiger partial charge is 0.270 e. The van der Waals surface area contributed by atoms with Crippen LogP contribution in [0.3, 0.4) is 0 Å². The first kappa shape index (κ1) is 17.4. The molecule has 7 nitrogen and oxygen atoms in total. The molecule has 1 fully saturated rings. The van der Waals surface area contributed by atoms with E-state index in [1.54, 1.807) is 0 Å². The number of nitrogens with one attached hydrogen (secondary N) is 2. The van der Waals surface area contributed by atoms with E-state index in [-0.39, 0.29) is 34.7 Å². The molecule has 2 N–H and O–H groups in total. The van der Waals surface area contributed by atoms with Crippen LogP contribution < -0.4 is 10.6 Å². The van der Waals surface area contributed by atoms with E-state index >= 15 is 0 Å². The van der Waals surface area contributed by atoms with Gasteiger partial charge in [-0.25, -0.2) is 8.42 Å².